The molecule has 0 unspecified atom stereocenters. The molecule has 5 rings (SSSR count). The molecule has 0 N–H and O–H groups in total. The Morgan fingerprint density at radius 1 is 1.40 bits per heavy atom. The molecule has 4 aliphatic rings. The molecule has 1 aromatic carbocycles. The van der Waals surface area contributed by atoms with Gasteiger partial charge in [0, 0.05) is 11.5 Å². The normalized spacial score (nSPS) is 38.7. The van der Waals surface area contributed by atoms with Crippen molar-refractivity contribution in [1.29, 1.82) is 5.26 Å². The molecule has 72 valence electrons. The number of benzene rings is 1. The van der Waals surface area contributed by atoms with E-state index in [1.165, 1.54) is 11.6 Å². The standard InChI is InChI=1S/C13H8FN/c14-10-4-2-1-3-7(10)8-5-9-12-11(8)13(9,12)6-15/h1-4,9,12H,5H2/t9-,12-,13-/m1/s1. The molecular formula is C13H8FN. The van der Waals surface area contributed by atoms with Gasteiger partial charge >= 0.3 is 0 Å². The highest BCUT2D eigenvalue weighted by Gasteiger charge is 2.88. The average molecular weight is 197 g/mol. The maximum atomic E-state index is 13.6. The number of allylic oxidation sites excluding steroid dienone is 2. The van der Waals surface area contributed by atoms with Crippen molar-refractivity contribution in [3.8, 4) is 6.07 Å². The predicted molar refractivity (Wildman–Crippen MR) is 53.0 cm³/mol. The van der Waals surface area contributed by atoms with E-state index in [2.05, 4.69) is 6.07 Å². The molecule has 15 heavy (non-hydrogen) atoms. The van der Waals surface area contributed by atoms with Gasteiger partial charge in [-0.05, 0) is 29.6 Å². The van der Waals surface area contributed by atoms with Crippen LogP contribution in [0.4, 0.5) is 4.39 Å². The van der Waals surface area contributed by atoms with Gasteiger partial charge in [-0.3, -0.25) is 0 Å². The van der Waals surface area contributed by atoms with E-state index >= 15 is 0 Å². The molecule has 0 heterocycles. The molecule has 0 saturated heterocycles. The van der Waals surface area contributed by atoms with Crippen molar-refractivity contribution in [3.05, 3.63) is 41.2 Å². The van der Waals surface area contributed by atoms with Crippen LogP contribution < -0.4 is 0 Å². The van der Waals surface area contributed by atoms with E-state index < -0.39 is 0 Å². The van der Waals surface area contributed by atoms with E-state index in [9.17, 15) is 4.39 Å². The summed E-state index contributed by atoms with van der Waals surface area (Å²) < 4.78 is 13.6. The minimum Gasteiger partial charge on any atom is -0.206 e. The summed E-state index contributed by atoms with van der Waals surface area (Å²) in [5.74, 6) is 0.865. The number of nitriles is 1. The highest BCUT2D eigenvalue weighted by molar-refractivity contribution is 5.88. The quantitative estimate of drug-likeness (QED) is 0.679. The van der Waals surface area contributed by atoms with Gasteiger partial charge < -0.3 is 0 Å². The van der Waals surface area contributed by atoms with Gasteiger partial charge in [0.1, 0.15) is 5.82 Å². The van der Waals surface area contributed by atoms with Crippen molar-refractivity contribution < 1.29 is 4.39 Å². The third kappa shape index (κ3) is 0.620. The number of nitrogens with zero attached hydrogens (tertiary/aromatic N) is 1. The largest absolute Gasteiger partial charge is 0.206 e. The van der Waals surface area contributed by atoms with Gasteiger partial charge in [-0.25, -0.2) is 4.39 Å². The van der Waals surface area contributed by atoms with Crippen molar-refractivity contribution in [2.24, 2.45) is 17.3 Å². The van der Waals surface area contributed by atoms with Crippen molar-refractivity contribution >= 4 is 5.57 Å². The molecule has 2 heteroatoms. The van der Waals surface area contributed by atoms with Crippen molar-refractivity contribution in [3.63, 3.8) is 0 Å². The van der Waals surface area contributed by atoms with E-state index in [1.54, 1.807) is 6.07 Å². The van der Waals surface area contributed by atoms with Gasteiger partial charge in [0.05, 0.1) is 11.5 Å². The summed E-state index contributed by atoms with van der Waals surface area (Å²) in [4.78, 5) is 0. The van der Waals surface area contributed by atoms with E-state index in [4.69, 9.17) is 5.26 Å². The summed E-state index contributed by atoms with van der Waals surface area (Å²) in [6.45, 7) is 0. The smallest absolute Gasteiger partial charge is 0.130 e. The van der Waals surface area contributed by atoms with Gasteiger partial charge in [-0.15, -0.1) is 0 Å². The Morgan fingerprint density at radius 2 is 2.20 bits per heavy atom. The number of fused-ring (bicyclic) bond motifs is 1. The number of halogens is 1. The Hall–Kier alpha value is -1.62. The van der Waals surface area contributed by atoms with Gasteiger partial charge in [0.15, 0.2) is 0 Å². The lowest BCUT2D eigenvalue weighted by Crippen LogP contribution is -1.88. The third-order valence-electron chi connectivity index (χ3n) is 4.18. The molecule has 1 nitrogen and oxygen atoms in total. The topological polar surface area (TPSA) is 23.8 Å². The molecule has 2 fully saturated rings. The molecule has 0 spiro atoms. The van der Waals surface area contributed by atoms with Crippen LogP contribution >= 0.6 is 0 Å². The molecule has 0 amide bonds. The van der Waals surface area contributed by atoms with Crippen LogP contribution in [-0.2, 0) is 0 Å². The lowest BCUT2D eigenvalue weighted by Gasteiger charge is -2.01. The van der Waals surface area contributed by atoms with Crippen LogP contribution in [-0.4, -0.2) is 0 Å². The zero-order valence-electron chi connectivity index (χ0n) is 8.00. The summed E-state index contributed by atoms with van der Waals surface area (Å²) in [7, 11) is 0. The molecule has 3 atom stereocenters. The van der Waals surface area contributed by atoms with Crippen LogP contribution in [0.15, 0.2) is 29.8 Å². The summed E-state index contributed by atoms with van der Waals surface area (Å²) in [6.07, 6.45) is 0.911. The second-order valence-electron chi connectivity index (χ2n) is 4.64. The lowest BCUT2D eigenvalue weighted by atomic mass is 10.1. The van der Waals surface area contributed by atoms with Crippen molar-refractivity contribution in [2.45, 2.75) is 6.42 Å². The monoisotopic (exact) mass is 197 g/mol. The Labute approximate surface area is 86.8 Å². The van der Waals surface area contributed by atoms with Crippen molar-refractivity contribution in [1.82, 2.24) is 0 Å². The van der Waals surface area contributed by atoms with Gasteiger partial charge in [-0.1, -0.05) is 18.2 Å². The van der Waals surface area contributed by atoms with Crippen LogP contribution in [0, 0.1) is 34.4 Å². The first-order valence-corrected chi connectivity index (χ1v) is 5.20. The Bertz CT molecular complexity index is 566. The number of hydrogen-bond acceptors (Lipinski definition) is 1. The second kappa shape index (κ2) is 1.99. The number of rotatable bonds is 1. The lowest BCUT2D eigenvalue weighted by molar-refractivity contribution is 0.623. The van der Waals surface area contributed by atoms with Crippen LogP contribution in [0.1, 0.15) is 12.0 Å². The first kappa shape index (κ1) is 7.64. The molecule has 0 radical (unpaired) electrons. The Morgan fingerprint density at radius 3 is 2.80 bits per heavy atom. The van der Waals surface area contributed by atoms with Crippen LogP contribution in [0.2, 0.25) is 0 Å². The maximum Gasteiger partial charge on any atom is 0.130 e. The highest BCUT2D eigenvalue weighted by Crippen LogP contribution is 2.91. The minimum atomic E-state index is -0.153. The zero-order chi connectivity index (χ0) is 10.2. The summed E-state index contributed by atoms with van der Waals surface area (Å²) >= 11 is 0. The molecule has 4 aliphatic carbocycles. The van der Waals surface area contributed by atoms with E-state index in [0.717, 1.165) is 17.6 Å². The fourth-order valence-electron chi connectivity index (χ4n) is 3.36. The summed E-state index contributed by atoms with van der Waals surface area (Å²) in [5.41, 5.74) is 2.94. The molecule has 1 aromatic rings. The molecule has 2 saturated carbocycles. The van der Waals surface area contributed by atoms with E-state index in [0.29, 0.717) is 11.8 Å². The summed E-state index contributed by atoms with van der Waals surface area (Å²) in [6, 6.07) is 9.27. The van der Waals surface area contributed by atoms with Crippen LogP contribution in [0.5, 0.6) is 0 Å². The maximum absolute atomic E-state index is 13.6. The first-order valence-electron chi connectivity index (χ1n) is 5.20. The fourth-order valence-corrected chi connectivity index (χ4v) is 3.36. The second-order valence-corrected chi connectivity index (χ2v) is 4.64. The van der Waals surface area contributed by atoms with Gasteiger partial charge in [0.2, 0.25) is 0 Å². The summed E-state index contributed by atoms with van der Waals surface area (Å²) in [5, 5.41) is 9.04. The average Bonchev–Trinajstić information content (AvgIpc) is 2.98. The SMILES string of the molecule is N#C[C@]12C3=C(c4ccccc4F)C[C@@H]1[C@H]32. The van der Waals surface area contributed by atoms with Gasteiger partial charge in [0.25, 0.3) is 0 Å². The van der Waals surface area contributed by atoms with Crippen LogP contribution in [0.25, 0.3) is 5.57 Å². The fraction of sp³-hybridized carbons (Fsp3) is 0.308. The molecular weight excluding hydrogens is 189 g/mol. The minimum absolute atomic E-state index is 0.127. The first-order chi connectivity index (χ1) is 7.30. The molecule has 2 bridgehead atoms. The molecule has 0 aromatic heterocycles. The predicted octanol–water partition coefficient (Wildman–Crippen LogP) is 2.75. The van der Waals surface area contributed by atoms with Crippen molar-refractivity contribution in [2.75, 3.05) is 0 Å². The Kier molecular flexibility index (Phi) is 1.01. The Balaban J connectivity index is 1.88. The van der Waals surface area contributed by atoms with E-state index in [1.807, 2.05) is 12.1 Å². The molecule has 0 aliphatic heterocycles. The number of hydrogen-bond donors (Lipinski definition) is 0. The highest BCUT2D eigenvalue weighted by atomic mass is 19.1. The third-order valence-corrected chi connectivity index (χ3v) is 4.18. The zero-order valence-corrected chi connectivity index (χ0v) is 8.00. The van der Waals surface area contributed by atoms with E-state index in [-0.39, 0.29) is 11.2 Å². The van der Waals surface area contributed by atoms with Gasteiger partial charge in [-0.2, -0.15) is 5.26 Å². The van der Waals surface area contributed by atoms with Crippen LogP contribution in [0.3, 0.4) is 0 Å².